The SMILES string of the molecule is CNc1ccccc1C1=CCC(C)(C)CC1. The molecule has 1 N–H and O–H groups in total. The van der Waals surface area contributed by atoms with Crippen LogP contribution in [0.1, 0.15) is 38.7 Å². The summed E-state index contributed by atoms with van der Waals surface area (Å²) < 4.78 is 0. The molecule has 86 valence electrons. The van der Waals surface area contributed by atoms with E-state index >= 15 is 0 Å². The number of rotatable bonds is 2. The number of benzene rings is 1. The first-order valence-electron chi connectivity index (χ1n) is 6.08. The summed E-state index contributed by atoms with van der Waals surface area (Å²) in [6.45, 7) is 4.70. The molecule has 1 heteroatoms. The van der Waals surface area contributed by atoms with Gasteiger partial charge in [-0.05, 0) is 36.3 Å². The summed E-state index contributed by atoms with van der Waals surface area (Å²) in [5.41, 5.74) is 4.61. The largest absolute Gasteiger partial charge is 0.388 e. The van der Waals surface area contributed by atoms with Crippen LogP contribution in [0.2, 0.25) is 0 Å². The van der Waals surface area contributed by atoms with Crippen LogP contribution in [-0.4, -0.2) is 7.05 Å². The van der Waals surface area contributed by atoms with E-state index in [9.17, 15) is 0 Å². The van der Waals surface area contributed by atoms with Crippen LogP contribution in [0.25, 0.3) is 5.57 Å². The van der Waals surface area contributed by atoms with Gasteiger partial charge in [-0.2, -0.15) is 0 Å². The van der Waals surface area contributed by atoms with E-state index in [0.717, 1.165) is 0 Å². The molecule has 0 heterocycles. The first-order chi connectivity index (χ1) is 7.62. The van der Waals surface area contributed by atoms with Crippen LogP contribution in [-0.2, 0) is 0 Å². The molecule has 2 rings (SSSR count). The van der Waals surface area contributed by atoms with E-state index in [0.29, 0.717) is 5.41 Å². The highest BCUT2D eigenvalue weighted by Crippen LogP contribution is 2.39. The molecule has 0 unspecified atom stereocenters. The second kappa shape index (κ2) is 4.32. The average Bonchev–Trinajstić information content (AvgIpc) is 2.29. The number of hydrogen-bond acceptors (Lipinski definition) is 1. The minimum atomic E-state index is 0.484. The maximum Gasteiger partial charge on any atom is 0.0413 e. The quantitative estimate of drug-likeness (QED) is 0.774. The first kappa shape index (κ1) is 11.3. The normalized spacial score (nSPS) is 19.1. The van der Waals surface area contributed by atoms with Gasteiger partial charge in [0.25, 0.3) is 0 Å². The predicted octanol–water partition coefficient (Wildman–Crippen LogP) is 4.32. The fraction of sp³-hybridized carbons (Fsp3) is 0.467. The smallest absolute Gasteiger partial charge is 0.0413 e. The summed E-state index contributed by atoms with van der Waals surface area (Å²) in [5.74, 6) is 0. The lowest BCUT2D eigenvalue weighted by Gasteiger charge is -2.29. The Kier molecular flexibility index (Phi) is 3.04. The Balaban J connectivity index is 2.29. The van der Waals surface area contributed by atoms with Gasteiger partial charge in [-0.15, -0.1) is 0 Å². The van der Waals surface area contributed by atoms with E-state index in [4.69, 9.17) is 0 Å². The van der Waals surface area contributed by atoms with Crippen molar-refractivity contribution in [2.75, 3.05) is 12.4 Å². The highest BCUT2D eigenvalue weighted by atomic mass is 14.8. The number of para-hydroxylation sites is 1. The van der Waals surface area contributed by atoms with E-state index in [1.54, 1.807) is 0 Å². The molecular formula is C15H21N. The third kappa shape index (κ3) is 2.29. The Morgan fingerprint density at radius 3 is 2.56 bits per heavy atom. The Labute approximate surface area is 98.6 Å². The Hall–Kier alpha value is -1.24. The first-order valence-corrected chi connectivity index (χ1v) is 6.08. The minimum Gasteiger partial charge on any atom is -0.388 e. The molecule has 0 atom stereocenters. The van der Waals surface area contributed by atoms with Gasteiger partial charge in [-0.25, -0.2) is 0 Å². The Morgan fingerprint density at radius 2 is 1.94 bits per heavy atom. The van der Waals surface area contributed by atoms with Gasteiger partial charge in [0.1, 0.15) is 0 Å². The van der Waals surface area contributed by atoms with Crippen LogP contribution >= 0.6 is 0 Å². The van der Waals surface area contributed by atoms with E-state index in [1.165, 1.54) is 36.1 Å². The third-order valence-electron chi connectivity index (χ3n) is 3.51. The number of anilines is 1. The monoisotopic (exact) mass is 215 g/mol. The highest BCUT2D eigenvalue weighted by Gasteiger charge is 2.22. The lowest BCUT2D eigenvalue weighted by molar-refractivity contribution is 0.335. The maximum atomic E-state index is 3.27. The predicted molar refractivity (Wildman–Crippen MR) is 71.6 cm³/mol. The molecule has 1 aliphatic rings. The topological polar surface area (TPSA) is 12.0 Å². The number of allylic oxidation sites excluding steroid dienone is 2. The standard InChI is InChI=1S/C15H21N/c1-15(2)10-8-12(9-11-15)13-6-4-5-7-14(13)16-3/h4-8,16H,9-11H2,1-3H3. The molecule has 1 aromatic carbocycles. The van der Waals surface area contributed by atoms with Crippen molar-refractivity contribution in [3.8, 4) is 0 Å². The van der Waals surface area contributed by atoms with Crippen molar-refractivity contribution in [3.05, 3.63) is 35.9 Å². The molecule has 0 spiro atoms. The van der Waals surface area contributed by atoms with Crippen LogP contribution in [0.15, 0.2) is 30.3 Å². The van der Waals surface area contributed by atoms with Gasteiger partial charge >= 0.3 is 0 Å². The fourth-order valence-electron chi connectivity index (χ4n) is 2.30. The van der Waals surface area contributed by atoms with Crippen LogP contribution in [0.4, 0.5) is 5.69 Å². The van der Waals surface area contributed by atoms with Crippen LogP contribution < -0.4 is 5.32 Å². The summed E-state index contributed by atoms with van der Waals surface area (Å²) in [6.07, 6.45) is 6.10. The molecule has 0 saturated heterocycles. The van der Waals surface area contributed by atoms with Crippen molar-refractivity contribution in [2.45, 2.75) is 33.1 Å². The molecule has 0 saturated carbocycles. The van der Waals surface area contributed by atoms with E-state index in [1.807, 2.05) is 7.05 Å². The van der Waals surface area contributed by atoms with Gasteiger partial charge in [0.2, 0.25) is 0 Å². The molecule has 0 fully saturated rings. The van der Waals surface area contributed by atoms with Crippen molar-refractivity contribution < 1.29 is 0 Å². The van der Waals surface area contributed by atoms with Gasteiger partial charge in [-0.3, -0.25) is 0 Å². The van der Waals surface area contributed by atoms with E-state index in [-0.39, 0.29) is 0 Å². The molecule has 0 aromatic heterocycles. The number of nitrogens with one attached hydrogen (secondary N) is 1. The Bertz CT molecular complexity index is 402. The summed E-state index contributed by atoms with van der Waals surface area (Å²) in [7, 11) is 1.99. The van der Waals surface area contributed by atoms with Crippen molar-refractivity contribution in [2.24, 2.45) is 5.41 Å². The van der Waals surface area contributed by atoms with Crippen molar-refractivity contribution >= 4 is 11.3 Å². The zero-order valence-corrected chi connectivity index (χ0v) is 10.5. The van der Waals surface area contributed by atoms with Gasteiger partial charge in [0.05, 0.1) is 0 Å². The average molecular weight is 215 g/mol. The molecular weight excluding hydrogens is 194 g/mol. The maximum absolute atomic E-state index is 3.27. The lowest BCUT2D eigenvalue weighted by atomic mass is 9.77. The summed E-state index contributed by atoms with van der Waals surface area (Å²) >= 11 is 0. The van der Waals surface area contributed by atoms with Gasteiger partial charge in [0.15, 0.2) is 0 Å². The minimum absolute atomic E-state index is 0.484. The van der Waals surface area contributed by atoms with Crippen molar-refractivity contribution in [3.63, 3.8) is 0 Å². The van der Waals surface area contributed by atoms with E-state index in [2.05, 4.69) is 49.5 Å². The zero-order valence-electron chi connectivity index (χ0n) is 10.5. The molecule has 1 nitrogen and oxygen atoms in total. The second-order valence-corrected chi connectivity index (χ2v) is 5.39. The molecule has 0 amide bonds. The van der Waals surface area contributed by atoms with E-state index < -0.39 is 0 Å². The molecule has 0 radical (unpaired) electrons. The Morgan fingerprint density at radius 1 is 1.19 bits per heavy atom. The molecule has 0 aliphatic heterocycles. The van der Waals surface area contributed by atoms with Gasteiger partial charge in [-0.1, -0.05) is 38.1 Å². The van der Waals surface area contributed by atoms with Crippen LogP contribution in [0, 0.1) is 5.41 Å². The summed E-state index contributed by atoms with van der Waals surface area (Å²) in [5, 5.41) is 3.27. The summed E-state index contributed by atoms with van der Waals surface area (Å²) in [4.78, 5) is 0. The van der Waals surface area contributed by atoms with Gasteiger partial charge in [0, 0.05) is 18.3 Å². The van der Waals surface area contributed by atoms with Crippen molar-refractivity contribution in [1.29, 1.82) is 0 Å². The molecule has 1 aliphatic carbocycles. The number of hydrogen-bond donors (Lipinski definition) is 1. The fourth-order valence-corrected chi connectivity index (χ4v) is 2.30. The van der Waals surface area contributed by atoms with Crippen molar-refractivity contribution in [1.82, 2.24) is 0 Å². The van der Waals surface area contributed by atoms with Gasteiger partial charge < -0.3 is 5.32 Å². The molecule has 0 bridgehead atoms. The molecule has 1 aromatic rings. The molecule has 16 heavy (non-hydrogen) atoms. The lowest BCUT2D eigenvalue weighted by Crippen LogP contribution is -2.14. The third-order valence-corrected chi connectivity index (χ3v) is 3.51. The highest BCUT2D eigenvalue weighted by molar-refractivity contribution is 5.76. The van der Waals surface area contributed by atoms with Crippen LogP contribution in [0.5, 0.6) is 0 Å². The second-order valence-electron chi connectivity index (χ2n) is 5.39. The van der Waals surface area contributed by atoms with Crippen LogP contribution in [0.3, 0.4) is 0 Å². The summed E-state index contributed by atoms with van der Waals surface area (Å²) in [6, 6.07) is 8.57. The zero-order chi connectivity index (χ0) is 11.6.